The number of H-pyrrole nitrogens is 1. The molecular weight excluding hydrogens is 376 g/mol. The zero-order valence-corrected chi connectivity index (χ0v) is 16.4. The molecule has 1 atom stereocenters. The van der Waals surface area contributed by atoms with Gasteiger partial charge in [0.15, 0.2) is 0 Å². The predicted molar refractivity (Wildman–Crippen MR) is 111 cm³/mol. The van der Waals surface area contributed by atoms with Crippen LogP contribution in [0.2, 0.25) is 5.02 Å². The van der Waals surface area contributed by atoms with Crippen molar-refractivity contribution in [3.63, 3.8) is 0 Å². The molecule has 7 nitrogen and oxygen atoms in total. The third-order valence-electron chi connectivity index (χ3n) is 4.59. The van der Waals surface area contributed by atoms with E-state index in [-0.39, 0.29) is 11.6 Å². The highest BCUT2D eigenvalue weighted by Crippen LogP contribution is 2.23. The quantitative estimate of drug-likeness (QED) is 0.548. The summed E-state index contributed by atoms with van der Waals surface area (Å²) in [6.45, 7) is 3.83. The van der Waals surface area contributed by atoms with Gasteiger partial charge >= 0.3 is 0 Å². The minimum absolute atomic E-state index is 0.158. The molecule has 0 aliphatic heterocycles. The number of fused-ring (bicyclic) bond motifs is 1. The summed E-state index contributed by atoms with van der Waals surface area (Å²) in [6, 6.07) is 8.76. The summed E-state index contributed by atoms with van der Waals surface area (Å²) in [5, 5.41) is 9.06. The Morgan fingerprint density at radius 2 is 2.07 bits per heavy atom. The Balaban J connectivity index is 1.65. The highest BCUT2D eigenvalue weighted by atomic mass is 35.5. The van der Waals surface area contributed by atoms with E-state index >= 15 is 0 Å². The van der Waals surface area contributed by atoms with E-state index in [0.717, 1.165) is 27.9 Å². The van der Waals surface area contributed by atoms with Gasteiger partial charge in [-0.2, -0.15) is 5.10 Å². The zero-order valence-electron chi connectivity index (χ0n) is 15.7. The molecule has 3 aromatic heterocycles. The summed E-state index contributed by atoms with van der Waals surface area (Å²) < 4.78 is 1.75. The Morgan fingerprint density at radius 1 is 1.25 bits per heavy atom. The molecule has 0 aliphatic carbocycles. The molecule has 0 bridgehead atoms. The van der Waals surface area contributed by atoms with Gasteiger partial charge in [-0.25, -0.2) is 9.97 Å². The van der Waals surface area contributed by atoms with E-state index in [1.807, 2.05) is 45.3 Å². The standard InChI is InChI=1S/C20H19ClN6O/c1-11(15-9-13-8-14(21)4-5-17(13)24-19(15)28)23-20-22-7-6-18(25-20)16-10-27(3)26-12(16)2/h4-11H,1-3H3,(H,24,28)(H,22,23,25)/t11-/m0/s1. The van der Waals surface area contributed by atoms with Crippen LogP contribution in [0.25, 0.3) is 22.2 Å². The normalized spacial score (nSPS) is 12.3. The molecule has 0 saturated carbocycles. The van der Waals surface area contributed by atoms with Crippen LogP contribution in [-0.2, 0) is 7.05 Å². The number of rotatable bonds is 4. The lowest BCUT2D eigenvalue weighted by atomic mass is 10.1. The predicted octanol–water partition coefficient (Wildman–Crippen LogP) is 3.85. The molecule has 4 rings (SSSR count). The number of nitrogens with zero attached hydrogens (tertiary/aromatic N) is 4. The first-order valence-corrected chi connectivity index (χ1v) is 9.21. The van der Waals surface area contributed by atoms with Gasteiger partial charge in [-0.15, -0.1) is 0 Å². The van der Waals surface area contributed by atoms with Gasteiger partial charge in [0.1, 0.15) is 0 Å². The largest absolute Gasteiger partial charge is 0.347 e. The molecule has 0 spiro atoms. The van der Waals surface area contributed by atoms with Gasteiger partial charge in [-0.1, -0.05) is 11.6 Å². The van der Waals surface area contributed by atoms with E-state index in [9.17, 15) is 4.79 Å². The molecular formula is C20H19ClN6O. The molecule has 0 saturated heterocycles. The second kappa shape index (κ2) is 7.09. The van der Waals surface area contributed by atoms with Crippen molar-refractivity contribution in [3.8, 4) is 11.3 Å². The number of hydrogen-bond acceptors (Lipinski definition) is 5. The number of nitrogens with one attached hydrogen (secondary N) is 2. The van der Waals surface area contributed by atoms with E-state index in [1.165, 1.54) is 0 Å². The lowest BCUT2D eigenvalue weighted by Crippen LogP contribution is -2.20. The Morgan fingerprint density at radius 3 is 2.82 bits per heavy atom. The first-order chi connectivity index (χ1) is 13.4. The third kappa shape index (κ3) is 3.48. The highest BCUT2D eigenvalue weighted by Gasteiger charge is 2.14. The average molecular weight is 395 g/mol. The van der Waals surface area contributed by atoms with Crippen LogP contribution in [0.3, 0.4) is 0 Å². The first kappa shape index (κ1) is 18.2. The second-order valence-corrected chi connectivity index (χ2v) is 7.16. The number of aromatic nitrogens is 5. The molecule has 3 heterocycles. The summed E-state index contributed by atoms with van der Waals surface area (Å²) in [5.74, 6) is 0.443. The van der Waals surface area contributed by atoms with Crippen molar-refractivity contribution in [1.29, 1.82) is 0 Å². The van der Waals surface area contributed by atoms with Crippen LogP contribution < -0.4 is 10.9 Å². The Hall–Kier alpha value is -3.19. The maximum absolute atomic E-state index is 12.5. The van der Waals surface area contributed by atoms with Gasteiger partial charge in [0.05, 0.1) is 17.4 Å². The van der Waals surface area contributed by atoms with Gasteiger partial charge in [0.2, 0.25) is 5.95 Å². The fraction of sp³-hybridized carbons (Fsp3) is 0.200. The van der Waals surface area contributed by atoms with E-state index in [2.05, 4.69) is 25.4 Å². The molecule has 1 aromatic carbocycles. The van der Waals surface area contributed by atoms with Gasteiger partial charge in [0.25, 0.3) is 5.56 Å². The average Bonchev–Trinajstić information content (AvgIpc) is 3.00. The van der Waals surface area contributed by atoms with Crippen molar-refractivity contribution >= 4 is 28.5 Å². The Kier molecular flexibility index (Phi) is 4.60. The fourth-order valence-electron chi connectivity index (χ4n) is 3.22. The Bertz CT molecular complexity index is 1230. The van der Waals surface area contributed by atoms with Crippen LogP contribution in [0, 0.1) is 6.92 Å². The van der Waals surface area contributed by atoms with Gasteiger partial charge in [0, 0.05) is 46.5 Å². The number of hydrogen-bond donors (Lipinski definition) is 2. The molecule has 0 fully saturated rings. The molecule has 0 aliphatic rings. The molecule has 4 aromatic rings. The van der Waals surface area contributed by atoms with Gasteiger partial charge in [-0.3, -0.25) is 9.48 Å². The smallest absolute Gasteiger partial charge is 0.253 e. The lowest BCUT2D eigenvalue weighted by molar-refractivity contribution is 0.756. The van der Waals surface area contributed by atoms with Crippen molar-refractivity contribution in [2.45, 2.75) is 19.9 Å². The van der Waals surface area contributed by atoms with Crippen LogP contribution in [0.1, 0.15) is 24.2 Å². The summed E-state index contributed by atoms with van der Waals surface area (Å²) >= 11 is 6.08. The van der Waals surface area contributed by atoms with Crippen LogP contribution in [0.5, 0.6) is 0 Å². The minimum Gasteiger partial charge on any atom is -0.347 e. The number of halogens is 1. The summed E-state index contributed by atoms with van der Waals surface area (Å²) in [6.07, 6.45) is 3.61. The number of aromatic amines is 1. The third-order valence-corrected chi connectivity index (χ3v) is 4.83. The van der Waals surface area contributed by atoms with E-state index in [4.69, 9.17) is 11.6 Å². The number of anilines is 1. The number of aryl methyl sites for hydroxylation is 2. The Labute approximate surface area is 166 Å². The summed E-state index contributed by atoms with van der Waals surface area (Å²) in [4.78, 5) is 24.3. The highest BCUT2D eigenvalue weighted by molar-refractivity contribution is 6.31. The first-order valence-electron chi connectivity index (χ1n) is 8.83. The van der Waals surface area contributed by atoms with Crippen LogP contribution >= 0.6 is 11.6 Å². The van der Waals surface area contributed by atoms with Crippen molar-refractivity contribution in [2.24, 2.45) is 7.05 Å². The molecule has 142 valence electrons. The van der Waals surface area contributed by atoms with Crippen LogP contribution in [0.15, 0.2) is 47.5 Å². The van der Waals surface area contributed by atoms with E-state index in [1.54, 1.807) is 23.0 Å². The zero-order chi connectivity index (χ0) is 19.8. The van der Waals surface area contributed by atoms with Gasteiger partial charge in [-0.05, 0) is 44.2 Å². The van der Waals surface area contributed by atoms with Crippen LogP contribution in [0.4, 0.5) is 5.95 Å². The molecule has 0 radical (unpaired) electrons. The second-order valence-electron chi connectivity index (χ2n) is 6.72. The monoisotopic (exact) mass is 394 g/mol. The van der Waals surface area contributed by atoms with Crippen LogP contribution in [-0.4, -0.2) is 24.7 Å². The molecule has 2 N–H and O–H groups in total. The number of benzene rings is 1. The molecule has 0 unspecified atom stereocenters. The maximum Gasteiger partial charge on any atom is 0.253 e. The van der Waals surface area contributed by atoms with E-state index in [0.29, 0.717) is 16.5 Å². The summed E-state index contributed by atoms with van der Waals surface area (Å²) in [7, 11) is 1.87. The fourth-order valence-corrected chi connectivity index (χ4v) is 3.40. The molecule has 28 heavy (non-hydrogen) atoms. The number of pyridine rings is 1. The molecule has 8 heteroatoms. The maximum atomic E-state index is 12.5. The lowest BCUT2D eigenvalue weighted by Gasteiger charge is -2.14. The van der Waals surface area contributed by atoms with Gasteiger partial charge < -0.3 is 10.3 Å². The van der Waals surface area contributed by atoms with Crippen molar-refractivity contribution in [3.05, 3.63) is 69.4 Å². The minimum atomic E-state index is -0.294. The SMILES string of the molecule is Cc1nn(C)cc1-c1ccnc(N[C@@H](C)c2cc3cc(Cl)ccc3[nH]c2=O)n1. The van der Waals surface area contributed by atoms with Crippen molar-refractivity contribution in [2.75, 3.05) is 5.32 Å². The molecule has 0 amide bonds. The van der Waals surface area contributed by atoms with Crippen molar-refractivity contribution < 1.29 is 0 Å². The summed E-state index contributed by atoms with van der Waals surface area (Å²) in [5.41, 5.74) is 3.78. The van der Waals surface area contributed by atoms with E-state index < -0.39 is 0 Å². The van der Waals surface area contributed by atoms with Crippen molar-refractivity contribution in [1.82, 2.24) is 24.7 Å². The topological polar surface area (TPSA) is 88.5 Å².